The van der Waals surface area contributed by atoms with Gasteiger partial charge in [0.25, 0.3) is 0 Å². The van der Waals surface area contributed by atoms with E-state index in [-0.39, 0.29) is 17.2 Å². The molecule has 3 heterocycles. The van der Waals surface area contributed by atoms with E-state index in [9.17, 15) is 4.79 Å². The number of amides is 1. The van der Waals surface area contributed by atoms with Crippen LogP contribution in [0.15, 0.2) is 0 Å². The van der Waals surface area contributed by atoms with Gasteiger partial charge in [-0.2, -0.15) is 15.0 Å². The highest BCUT2D eigenvalue weighted by atomic mass is 35.5. The van der Waals surface area contributed by atoms with Crippen molar-refractivity contribution in [3.8, 4) is 0 Å². The normalized spacial score (nSPS) is 22.8. The molecule has 1 unspecified atom stereocenters. The fraction of sp³-hybridized carbons (Fsp3) is 0.692. The maximum absolute atomic E-state index is 11.9. The Labute approximate surface area is 128 Å². The van der Waals surface area contributed by atoms with E-state index < -0.39 is 0 Å². The van der Waals surface area contributed by atoms with Crippen molar-refractivity contribution in [2.24, 2.45) is 0 Å². The molecule has 0 saturated carbocycles. The van der Waals surface area contributed by atoms with Crippen LogP contribution in [0.2, 0.25) is 5.28 Å². The summed E-state index contributed by atoms with van der Waals surface area (Å²) in [5, 5.41) is 3.24. The molecule has 1 aromatic heterocycles. The molecule has 0 aliphatic carbocycles. The Kier molecular flexibility index (Phi) is 4.10. The van der Waals surface area contributed by atoms with Crippen molar-refractivity contribution in [1.82, 2.24) is 19.9 Å². The van der Waals surface area contributed by atoms with Crippen LogP contribution in [-0.2, 0) is 4.79 Å². The van der Waals surface area contributed by atoms with Crippen molar-refractivity contribution in [3.05, 3.63) is 5.28 Å². The van der Waals surface area contributed by atoms with Crippen molar-refractivity contribution >= 4 is 29.4 Å². The number of likely N-dealkylation sites (N-methyl/N-ethyl adjacent to an activating group) is 1. The summed E-state index contributed by atoms with van der Waals surface area (Å²) in [4.78, 5) is 28.5. The molecule has 2 fully saturated rings. The van der Waals surface area contributed by atoms with E-state index in [2.05, 4.69) is 25.2 Å². The van der Waals surface area contributed by atoms with Gasteiger partial charge in [-0.05, 0) is 37.3 Å². The minimum atomic E-state index is -0.275. The molecule has 7 nitrogen and oxygen atoms in total. The summed E-state index contributed by atoms with van der Waals surface area (Å²) in [6.45, 7) is 2.62. The number of nitrogens with zero attached hydrogens (tertiary/aromatic N) is 5. The Balaban J connectivity index is 1.76. The Morgan fingerprint density at radius 2 is 1.90 bits per heavy atom. The molecule has 114 valence electrons. The lowest BCUT2D eigenvalue weighted by atomic mass is 10.1. The number of carbonyl (C=O) groups excluding carboxylic acids is 1. The minimum absolute atomic E-state index is 0.0612. The third-order valence-corrected chi connectivity index (χ3v) is 4.14. The predicted molar refractivity (Wildman–Crippen MR) is 80.6 cm³/mol. The van der Waals surface area contributed by atoms with Crippen LogP contribution < -0.4 is 10.2 Å². The number of halogens is 1. The maximum atomic E-state index is 11.9. The summed E-state index contributed by atoms with van der Waals surface area (Å²) in [7, 11) is 1.80. The Morgan fingerprint density at radius 1 is 1.14 bits per heavy atom. The van der Waals surface area contributed by atoms with Gasteiger partial charge in [0.15, 0.2) is 0 Å². The number of carbonyl (C=O) groups is 1. The second kappa shape index (κ2) is 6.01. The van der Waals surface area contributed by atoms with E-state index in [4.69, 9.17) is 11.6 Å². The topological polar surface area (TPSA) is 74.2 Å². The van der Waals surface area contributed by atoms with Gasteiger partial charge in [-0.3, -0.25) is 4.79 Å². The third-order valence-electron chi connectivity index (χ3n) is 3.97. The molecule has 2 saturated heterocycles. The van der Waals surface area contributed by atoms with Crippen molar-refractivity contribution in [2.45, 2.75) is 31.7 Å². The Bertz CT molecular complexity index is 533. The fourth-order valence-corrected chi connectivity index (χ4v) is 2.91. The number of likely N-dealkylation sites (tertiary alicyclic amines) is 1. The number of hydrogen-bond donors (Lipinski definition) is 1. The van der Waals surface area contributed by atoms with Crippen LogP contribution in [0.1, 0.15) is 25.7 Å². The summed E-state index contributed by atoms with van der Waals surface area (Å²) in [6, 6.07) is -0.275. The second-order valence-electron chi connectivity index (χ2n) is 5.52. The first-order valence-corrected chi connectivity index (χ1v) is 7.69. The summed E-state index contributed by atoms with van der Waals surface area (Å²) < 4.78 is 0. The van der Waals surface area contributed by atoms with E-state index in [1.165, 1.54) is 6.42 Å². The molecule has 0 radical (unpaired) electrons. The second-order valence-corrected chi connectivity index (χ2v) is 5.86. The number of nitrogens with one attached hydrogen (secondary N) is 1. The molecule has 8 heteroatoms. The van der Waals surface area contributed by atoms with Crippen molar-refractivity contribution in [2.75, 3.05) is 36.9 Å². The summed E-state index contributed by atoms with van der Waals surface area (Å²) in [5.41, 5.74) is 0. The van der Waals surface area contributed by atoms with Gasteiger partial charge in [0.2, 0.25) is 23.1 Å². The van der Waals surface area contributed by atoms with Crippen molar-refractivity contribution in [3.63, 3.8) is 0 Å². The highest BCUT2D eigenvalue weighted by Gasteiger charge is 2.29. The number of anilines is 2. The van der Waals surface area contributed by atoms with Crippen LogP contribution in [0.3, 0.4) is 0 Å². The number of rotatable bonds is 3. The molecule has 3 rings (SSSR count). The van der Waals surface area contributed by atoms with E-state index >= 15 is 0 Å². The van der Waals surface area contributed by atoms with Gasteiger partial charge in [-0.1, -0.05) is 0 Å². The smallest absolute Gasteiger partial charge is 0.244 e. The van der Waals surface area contributed by atoms with Gasteiger partial charge in [0, 0.05) is 26.7 Å². The standard InChI is InChI=1S/C13H19ClN6O/c1-19-8-5-9(10(19)21)15-12-16-11(14)17-13(18-12)20-6-3-2-4-7-20/h9H,2-8H2,1H3,(H,15,16,17,18). The zero-order valence-corrected chi connectivity index (χ0v) is 12.8. The van der Waals surface area contributed by atoms with Crippen LogP contribution in [-0.4, -0.2) is 58.5 Å². The zero-order chi connectivity index (χ0) is 14.8. The Hall–Kier alpha value is -1.63. The molecule has 0 aromatic carbocycles. The molecular formula is C13H19ClN6O. The van der Waals surface area contributed by atoms with Gasteiger partial charge in [-0.25, -0.2) is 0 Å². The fourth-order valence-electron chi connectivity index (χ4n) is 2.75. The van der Waals surface area contributed by atoms with Gasteiger partial charge in [-0.15, -0.1) is 0 Å². The highest BCUT2D eigenvalue weighted by molar-refractivity contribution is 6.28. The zero-order valence-electron chi connectivity index (χ0n) is 12.0. The number of piperidine rings is 1. The van der Waals surface area contributed by atoms with Crippen LogP contribution in [0.5, 0.6) is 0 Å². The van der Waals surface area contributed by atoms with Gasteiger partial charge < -0.3 is 15.1 Å². The van der Waals surface area contributed by atoms with E-state index in [1.54, 1.807) is 11.9 Å². The van der Waals surface area contributed by atoms with Crippen molar-refractivity contribution < 1.29 is 4.79 Å². The van der Waals surface area contributed by atoms with Crippen LogP contribution in [0, 0.1) is 0 Å². The molecule has 1 amide bonds. The lowest BCUT2D eigenvalue weighted by molar-refractivity contribution is -0.127. The largest absolute Gasteiger partial charge is 0.344 e. The van der Waals surface area contributed by atoms with E-state index in [0.717, 1.165) is 38.9 Å². The van der Waals surface area contributed by atoms with Crippen LogP contribution in [0.25, 0.3) is 0 Å². The van der Waals surface area contributed by atoms with Gasteiger partial charge >= 0.3 is 0 Å². The lowest BCUT2D eigenvalue weighted by Gasteiger charge is -2.26. The maximum Gasteiger partial charge on any atom is 0.244 e. The van der Waals surface area contributed by atoms with Gasteiger partial charge in [0.05, 0.1) is 0 Å². The molecule has 0 bridgehead atoms. The molecular weight excluding hydrogens is 292 g/mol. The lowest BCUT2D eigenvalue weighted by Crippen LogP contribution is -2.33. The average molecular weight is 311 g/mol. The predicted octanol–water partition coefficient (Wildman–Crippen LogP) is 1.16. The van der Waals surface area contributed by atoms with Crippen LogP contribution in [0.4, 0.5) is 11.9 Å². The summed E-state index contributed by atoms with van der Waals surface area (Å²) in [6.07, 6.45) is 4.26. The molecule has 1 aromatic rings. The first kappa shape index (κ1) is 14.3. The van der Waals surface area contributed by atoms with E-state index in [1.807, 2.05) is 0 Å². The number of aromatic nitrogens is 3. The number of hydrogen-bond acceptors (Lipinski definition) is 6. The first-order valence-electron chi connectivity index (χ1n) is 7.31. The third kappa shape index (κ3) is 3.18. The first-order chi connectivity index (χ1) is 10.1. The van der Waals surface area contributed by atoms with Crippen molar-refractivity contribution in [1.29, 1.82) is 0 Å². The average Bonchev–Trinajstić information content (AvgIpc) is 2.80. The molecule has 21 heavy (non-hydrogen) atoms. The molecule has 2 aliphatic heterocycles. The molecule has 0 spiro atoms. The molecule has 1 atom stereocenters. The molecule has 2 aliphatic rings. The molecule has 1 N–H and O–H groups in total. The summed E-state index contributed by atoms with van der Waals surface area (Å²) in [5.74, 6) is 1.03. The monoisotopic (exact) mass is 310 g/mol. The van der Waals surface area contributed by atoms with E-state index in [0.29, 0.717) is 11.9 Å². The SMILES string of the molecule is CN1CCC(Nc2nc(Cl)nc(N3CCCCC3)n2)C1=O. The quantitative estimate of drug-likeness (QED) is 0.903. The minimum Gasteiger partial charge on any atom is -0.344 e. The highest BCUT2D eigenvalue weighted by Crippen LogP contribution is 2.20. The summed E-state index contributed by atoms with van der Waals surface area (Å²) >= 11 is 6.00. The van der Waals surface area contributed by atoms with Crippen LogP contribution >= 0.6 is 11.6 Å². The Morgan fingerprint density at radius 3 is 2.57 bits per heavy atom. The van der Waals surface area contributed by atoms with Gasteiger partial charge in [0.1, 0.15) is 6.04 Å².